The van der Waals surface area contributed by atoms with Crippen LogP contribution in [0.25, 0.3) is 0 Å². The maximum Gasteiger partial charge on any atom is 0.226 e. The standard InChI is InChI=1S/C15H25N3O/c1-4-5-12(11-16)17-6-8-18(9-7-17)14(19)13-10-15(13,2)3/h12-13H,4-10H2,1-3H3. The van der Waals surface area contributed by atoms with Gasteiger partial charge in [-0.1, -0.05) is 27.2 Å². The lowest BCUT2D eigenvalue weighted by Crippen LogP contribution is -2.52. The van der Waals surface area contributed by atoms with Crippen LogP contribution < -0.4 is 0 Å². The Balaban J connectivity index is 1.83. The van der Waals surface area contributed by atoms with Crippen molar-refractivity contribution in [1.82, 2.24) is 9.80 Å². The SMILES string of the molecule is CCCC(C#N)N1CCN(C(=O)C2CC2(C)C)CC1. The van der Waals surface area contributed by atoms with Gasteiger partial charge in [0.05, 0.1) is 12.1 Å². The number of nitriles is 1. The predicted octanol–water partition coefficient (Wildman–Crippen LogP) is 1.87. The fraction of sp³-hybridized carbons (Fsp3) is 0.867. The molecular formula is C15H25N3O. The molecule has 1 saturated heterocycles. The van der Waals surface area contributed by atoms with Gasteiger partial charge >= 0.3 is 0 Å². The quantitative estimate of drug-likeness (QED) is 0.778. The van der Waals surface area contributed by atoms with E-state index in [9.17, 15) is 10.1 Å². The summed E-state index contributed by atoms with van der Waals surface area (Å²) in [7, 11) is 0. The van der Waals surface area contributed by atoms with E-state index >= 15 is 0 Å². The number of hydrogen-bond acceptors (Lipinski definition) is 3. The van der Waals surface area contributed by atoms with E-state index in [0.717, 1.165) is 45.4 Å². The second-order valence-electron chi connectivity index (χ2n) is 6.54. The topological polar surface area (TPSA) is 47.3 Å². The number of hydrogen-bond donors (Lipinski definition) is 0. The van der Waals surface area contributed by atoms with Gasteiger partial charge in [0.1, 0.15) is 0 Å². The molecule has 0 bridgehead atoms. The van der Waals surface area contributed by atoms with Gasteiger partial charge in [0, 0.05) is 32.1 Å². The van der Waals surface area contributed by atoms with Crippen LogP contribution >= 0.6 is 0 Å². The minimum absolute atomic E-state index is 0.0274. The predicted molar refractivity (Wildman–Crippen MR) is 74.4 cm³/mol. The third kappa shape index (κ3) is 3.09. The van der Waals surface area contributed by atoms with Crippen molar-refractivity contribution in [1.29, 1.82) is 5.26 Å². The van der Waals surface area contributed by atoms with E-state index in [0.29, 0.717) is 5.91 Å². The number of carbonyl (C=O) groups excluding carboxylic acids is 1. The van der Waals surface area contributed by atoms with Gasteiger partial charge in [0.15, 0.2) is 0 Å². The molecule has 1 aliphatic carbocycles. The highest BCUT2D eigenvalue weighted by Crippen LogP contribution is 2.52. The second-order valence-corrected chi connectivity index (χ2v) is 6.54. The van der Waals surface area contributed by atoms with E-state index in [2.05, 4.69) is 31.7 Å². The molecule has 106 valence electrons. The Morgan fingerprint density at radius 3 is 2.37 bits per heavy atom. The van der Waals surface area contributed by atoms with Crippen molar-refractivity contribution in [3.63, 3.8) is 0 Å². The molecule has 2 rings (SSSR count). The zero-order valence-electron chi connectivity index (χ0n) is 12.4. The molecule has 19 heavy (non-hydrogen) atoms. The summed E-state index contributed by atoms with van der Waals surface area (Å²) in [5.41, 5.74) is 0.214. The summed E-state index contributed by atoms with van der Waals surface area (Å²) in [6, 6.07) is 2.41. The fourth-order valence-corrected chi connectivity index (χ4v) is 2.97. The maximum absolute atomic E-state index is 12.3. The summed E-state index contributed by atoms with van der Waals surface area (Å²) >= 11 is 0. The number of nitrogens with zero attached hydrogens (tertiary/aromatic N) is 3. The first-order valence-corrected chi connectivity index (χ1v) is 7.42. The molecule has 0 radical (unpaired) electrons. The van der Waals surface area contributed by atoms with Crippen LogP contribution in [0.4, 0.5) is 0 Å². The number of amides is 1. The van der Waals surface area contributed by atoms with Gasteiger partial charge in [-0.3, -0.25) is 9.69 Å². The molecule has 0 aromatic rings. The minimum Gasteiger partial charge on any atom is -0.340 e. The van der Waals surface area contributed by atoms with Crippen molar-refractivity contribution in [3.05, 3.63) is 0 Å². The van der Waals surface area contributed by atoms with Gasteiger partial charge in [-0.2, -0.15) is 5.26 Å². The van der Waals surface area contributed by atoms with Crippen molar-refractivity contribution in [3.8, 4) is 6.07 Å². The highest BCUT2D eigenvalue weighted by molar-refractivity contribution is 5.82. The molecular weight excluding hydrogens is 238 g/mol. The van der Waals surface area contributed by atoms with Crippen LogP contribution in [0.1, 0.15) is 40.0 Å². The Morgan fingerprint density at radius 2 is 1.95 bits per heavy atom. The minimum atomic E-state index is 0.0274. The van der Waals surface area contributed by atoms with Crippen LogP contribution in [-0.4, -0.2) is 47.9 Å². The van der Waals surface area contributed by atoms with E-state index in [1.54, 1.807) is 0 Å². The van der Waals surface area contributed by atoms with Crippen molar-refractivity contribution in [2.75, 3.05) is 26.2 Å². The first kappa shape index (κ1) is 14.3. The number of rotatable bonds is 4. The monoisotopic (exact) mass is 263 g/mol. The van der Waals surface area contributed by atoms with E-state index < -0.39 is 0 Å². The van der Waals surface area contributed by atoms with Gasteiger partial charge in [0.25, 0.3) is 0 Å². The lowest BCUT2D eigenvalue weighted by Gasteiger charge is -2.37. The molecule has 1 aliphatic heterocycles. The van der Waals surface area contributed by atoms with E-state index in [1.165, 1.54) is 0 Å². The molecule has 2 fully saturated rings. The molecule has 0 spiro atoms. The third-order valence-electron chi connectivity index (χ3n) is 4.59. The normalized spacial score (nSPS) is 27.7. The van der Waals surface area contributed by atoms with Crippen LogP contribution in [0.15, 0.2) is 0 Å². The zero-order valence-corrected chi connectivity index (χ0v) is 12.4. The number of carbonyl (C=O) groups is 1. The Labute approximate surface area is 116 Å². The summed E-state index contributed by atoms with van der Waals surface area (Å²) in [6.07, 6.45) is 3.00. The molecule has 1 heterocycles. The smallest absolute Gasteiger partial charge is 0.226 e. The molecule has 4 nitrogen and oxygen atoms in total. The fourth-order valence-electron chi connectivity index (χ4n) is 2.97. The van der Waals surface area contributed by atoms with E-state index in [1.807, 2.05) is 4.90 Å². The molecule has 2 unspecified atom stereocenters. The van der Waals surface area contributed by atoms with Gasteiger partial charge in [-0.25, -0.2) is 0 Å². The lowest BCUT2D eigenvalue weighted by atomic mass is 10.1. The van der Waals surface area contributed by atoms with E-state index in [-0.39, 0.29) is 17.4 Å². The van der Waals surface area contributed by atoms with Crippen molar-refractivity contribution in [2.45, 2.75) is 46.1 Å². The average Bonchev–Trinajstić information content (AvgIpc) is 3.04. The van der Waals surface area contributed by atoms with Crippen LogP contribution in [0.5, 0.6) is 0 Å². The zero-order chi connectivity index (χ0) is 14.0. The lowest BCUT2D eigenvalue weighted by molar-refractivity contribution is -0.135. The Morgan fingerprint density at radius 1 is 1.37 bits per heavy atom. The molecule has 1 amide bonds. The summed E-state index contributed by atoms with van der Waals surface area (Å²) < 4.78 is 0. The van der Waals surface area contributed by atoms with Crippen molar-refractivity contribution >= 4 is 5.91 Å². The summed E-state index contributed by atoms with van der Waals surface area (Å²) in [6.45, 7) is 9.70. The van der Waals surface area contributed by atoms with Gasteiger partial charge in [-0.05, 0) is 18.3 Å². The average molecular weight is 263 g/mol. The molecule has 0 aromatic carbocycles. The first-order valence-electron chi connectivity index (χ1n) is 7.42. The van der Waals surface area contributed by atoms with Crippen LogP contribution in [-0.2, 0) is 4.79 Å². The largest absolute Gasteiger partial charge is 0.340 e. The Kier molecular flexibility index (Phi) is 4.15. The molecule has 0 N–H and O–H groups in total. The van der Waals surface area contributed by atoms with Crippen LogP contribution in [0.2, 0.25) is 0 Å². The summed E-state index contributed by atoms with van der Waals surface area (Å²) in [4.78, 5) is 16.5. The highest BCUT2D eigenvalue weighted by atomic mass is 16.2. The first-order chi connectivity index (χ1) is 8.99. The van der Waals surface area contributed by atoms with Crippen molar-refractivity contribution < 1.29 is 4.79 Å². The van der Waals surface area contributed by atoms with Crippen LogP contribution in [0, 0.1) is 22.7 Å². The Hall–Kier alpha value is -1.08. The maximum atomic E-state index is 12.3. The van der Waals surface area contributed by atoms with Gasteiger partial charge in [0.2, 0.25) is 5.91 Å². The summed E-state index contributed by atoms with van der Waals surface area (Å²) in [5.74, 6) is 0.565. The van der Waals surface area contributed by atoms with Gasteiger partial charge < -0.3 is 4.90 Å². The number of piperazine rings is 1. The van der Waals surface area contributed by atoms with Crippen molar-refractivity contribution in [2.24, 2.45) is 11.3 Å². The summed E-state index contributed by atoms with van der Waals surface area (Å²) in [5, 5.41) is 9.18. The highest BCUT2D eigenvalue weighted by Gasteiger charge is 2.52. The third-order valence-corrected chi connectivity index (χ3v) is 4.59. The molecule has 1 saturated carbocycles. The molecule has 0 aromatic heterocycles. The second kappa shape index (κ2) is 5.50. The molecule has 2 aliphatic rings. The molecule has 2 atom stereocenters. The van der Waals surface area contributed by atoms with Crippen LogP contribution in [0.3, 0.4) is 0 Å². The Bertz CT molecular complexity index is 377. The molecule has 4 heteroatoms. The van der Waals surface area contributed by atoms with Gasteiger partial charge in [-0.15, -0.1) is 0 Å². The van der Waals surface area contributed by atoms with E-state index in [4.69, 9.17) is 0 Å².